The predicted octanol–water partition coefficient (Wildman–Crippen LogP) is 2.13. The van der Waals surface area contributed by atoms with Gasteiger partial charge in [-0.15, -0.1) is 0 Å². The van der Waals surface area contributed by atoms with Gasteiger partial charge in [0.2, 0.25) is 5.91 Å². The van der Waals surface area contributed by atoms with Gasteiger partial charge in [0.15, 0.2) is 11.5 Å². The van der Waals surface area contributed by atoms with Crippen LogP contribution in [0.25, 0.3) is 0 Å². The molecule has 0 spiro atoms. The largest absolute Gasteiger partial charge is 0.493 e. The Morgan fingerprint density at radius 2 is 2.27 bits per heavy atom. The fourth-order valence-electron chi connectivity index (χ4n) is 2.29. The summed E-state index contributed by atoms with van der Waals surface area (Å²) in [6, 6.07) is 4.72. The monoisotopic (exact) mass is 315 g/mol. The Labute approximate surface area is 127 Å². The van der Waals surface area contributed by atoms with Gasteiger partial charge in [0, 0.05) is 13.2 Å². The summed E-state index contributed by atoms with van der Waals surface area (Å²) in [5.41, 5.74) is 0.853. The first-order valence-corrected chi connectivity index (χ1v) is 7.11. The number of nitrogens with one attached hydrogen (secondary N) is 1. The standard InChI is InChI=1S/C15H19F2NO4/c1-20-13-9-10(4-5-11(13)22-15(16)17)6-7-18-14(19)12-3-2-8-21-12/h4-5,9,12,15H,2-3,6-8H2,1H3,(H,18,19). The summed E-state index contributed by atoms with van der Waals surface area (Å²) in [7, 11) is 1.39. The van der Waals surface area contributed by atoms with Crippen molar-refractivity contribution in [1.29, 1.82) is 0 Å². The third-order valence-corrected chi connectivity index (χ3v) is 3.38. The summed E-state index contributed by atoms with van der Waals surface area (Å²) < 4.78 is 39.2. The van der Waals surface area contributed by atoms with E-state index in [4.69, 9.17) is 9.47 Å². The first-order chi connectivity index (χ1) is 10.6. The molecule has 1 atom stereocenters. The quantitative estimate of drug-likeness (QED) is 0.837. The number of hydrogen-bond donors (Lipinski definition) is 1. The second-order valence-electron chi connectivity index (χ2n) is 4.91. The Kier molecular flexibility index (Phi) is 5.94. The third-order valence-electron chi connectivity index (χ3n) is 3.38. The van der Waals surface area contributed by atoms with E-state index in [1.807, 2.05) is 0 Å². The van der Waals surface area contributed by atoms with Gasteiger partial charge in [0.05, 0.1) is 7.11 Å². The molecule has 0 aliphatic carbocycles. The molecule has 5 nitrogen and oxygen atoms in total. The minimum absolute atomic E-state index is 0.00959. The molecule has 1 saturated heterocycles. The average molecular weight is 315 g/mol. The third kappa shape index (κ3) is 4.56. The van der Waals surface area contributed by atoms with Crippen LogP contribution < -0.4 is 14.8 Å². The first-order valence-electron chi connectivity index (χ1n) is 7.11. The van der Waals surface area contributed by atoms with Gasteiger partial charge in [-0.25, -0.2) is 0 Å². The van der Waals surface area contributed by atoms with Crippen LogP contribution in [-0.4, -0.2) is 38.9 Å². The van der Waals surface area contributed by atoms with Crippen LogP contribution in [0.15, 0.2) is 18.2 Å². The fraction of sp³-hybridized carbons (Fsp3) is 0.533. The number of ether oxygens (including phenoxy) is 3. The first kappa shape index (κ1) is 16.5. The van der Waals surface area contributed by atoms with Gasteiger partial charge < -0.3 is 19.5 Å². The van der Waals surface area contributed by atoms with Gasteiger partial charge in [0.1, 0.15) is 6.10 Å². The average Bonchev–Trinajstić information content (AvgIpc) is 3.02. The molecule has 1 amide bonds. The zero-order valence-electron chi connectivity index (χ0n) is 12.3. The van der Waals surface area contributed by atoms with Crippen molar-refractivity contribution in [2.45, 2.75) is 32.0 Å². The molecule has 2 rings (SSSR count). The highest BCUT2D eigenvalue weighted by molar-refractivity contribution is 5.80. The maximum absolute atomic E-state index is 12.2. The van der Waals surface area contributed by atoms with Crippen LogP contribution in [0, 0.1) is 0 Å². The van der Waals surface area contributed by atoms with Crippen molar-refractivity contribution in [3.8, 4) is 11.5 Å². The number of methoxy groups -OCH3 is 1. The number of alkyl halides is 2. The van der Waals surface area contributed by atoms with E-state index in [0.29, 0.717) is 19.6 Å². The maximum Gasteiger partial charge on any atom is 0.387 e. The SMILES string of the molecule is COc1cc(CCNC(=O)C2CCCO2)ccc1OC(F)F. The lowest BCUT2D eigenvalue weighted by Gasteiger charge is -2.12. The van der Waals surface area contributed by atoms with Crippen molar-refractivity contribution in [2.75, 3.05) is 20.3 Å². The molecular formula is C15H19F2NO4. The molecule has 7 heteroatoms. The van der Waals surface area contributed by atoms with E-state index in [1.165, 1.54) is 13.2 Å². The van der Waals surface area contributed by atoms with Crippen LogP contribution in [-0.2, 0) is 16.0 Å². The fourth-order valence-corrected chi connectivity index (χ4v) is 2.29. The van der Waals surface area contributed by atoms with Crippen molar-refractivity contribution < 1.29 is 27.8 Å². The lowest BCUT2D eigenvalue weighted by Crippen LogP contribution is -2.35. The van der Waals surface area contributed by atoms with Crippen LogP contribution in [0.1, 0.15) is 18.4 Å². The smallest absolute Gasteiger partial charge is 0.387 e. The van der Waals surface area contributed by atoms with Crippen molar-refractivity contribution in [3.63, 3.8) is 0 Å². The van der Waals surface area contributed by atoms with Gasteiger partial charge >= 0.3 is 6.61 Å². The topological polar surface area (TPSA) is 56.8 Å². The van der Waals surface area contributed by atoms with Crippen LogP contribution in [0.4, 0.5) is 8.78 Å². The molecule has 1 fully saturated rings. The second kappa shape index (κ2) is 7.93. The zero-order chi connectivity index (χ0) is 15.9. The summed E-state index contributed by atoms with van der Waals surface area (Å²) in [6.45, 7) is -1.83. The van der Waals surface area contributed by atoms with E-state index < -0.39 is 6.61 Å². The molecular weight excluding hydrogens is 296 g/mol. The number of amides is 1. The summed E-state index contributed by atoms with van der Waals surface area (Å²) >= 11 is 0. The van der Waals surface area contributed by atoms with Gasteiger partial charge in [-0.3, -0.25) is 4.79 Å². The van der Waals surface area contributed by atoms with Crippen molar-refractivity contribution in [1.82, 2.24) is 5.32 Å². The lowest BCUT2D eigenvalue weighted by molar-refractivity contribution is -0.130. The Morgan fingerprint density at radius 3 is 2.91 bits per heavy atom. The Hall–Kier alpha value is -1.89. The molecule has 0 aromatic heterocycles. The minimum Gasteiger partial charge on any atom is -0.493 e. The highest BCUT2D eigenvalue weighted by atomic mass is 19.3. The zero-order valence-corrected chi connectivity index (χ0v) is 12.3. The van der Waals surface area contributed by atoms with Crippen molar-refractivity contribution in [3.05, 3.63) is 23.8 Å². The number of rotatable bonds is 7. The maximum atomic E-state index is 12.2. The highest BCUT2D eigenvalue weighted by Crippen LogP contribution is 2.29. The van der Waals surface area contributed by atoms with E-state index >= 15 is 0 Å². The normalized spacial score (nSPS) is 17.5. The Morgan fingerprint density at radius 1 is 1.45 bits per heavy atom. The second-order valence-corrected chi connectivity index (χ2v) is 4.91. The molecule has 1 heterocycles. The Balaban J connectivity index is 1.85. The summed E-state index contributed by atoms with van der Waals surface area (Å²) in [4.78, 5) is 11.8. The molecule has 1 aliphatic heterocycles. The summed E-state index contributed by atoms with van der Waals surface area (Å²) in [5, 5.41) is 2.80. The lowest BCUT2D eigenvalue weighted by atomic mass is 10.1. The van der Waals surface area contributed by atoms with Crippen LogP contribution >= 0.6 is 0 Å². The van der Waals surface area contributed by atoms with Crippen molar-refractivity contribution >= 4 is 5.91 Å². The molecule has 22 heavy (non-hydrogen) atoms. The number of carbonyl (C=O) groups is 1. The molecule has 1 unspecified atom stereocenters. The van der Waals surface area contributed by atoms with Gasteiger partial charge in [-0.05, 0) is 37.0 Å². The van der Waals surface area contributed by atoms with E-state index in [1.54, 1.807) is 12.1 Å². The molecule has 0 bridgehead atoms. The minimum atomic E-state index is -2.90. The van der Waals surface area contributed by atoms with Gasteiger partial charge in [0.25, 0.3) is 0 Å². The number of halogens is 2. The molecule has 122 valence electrons. The number of benzene rings is 1. The van der Waals surface area contributed by atoms with Gasteiger partial charge in [-0.1, -0.05) is 6.07 Å². The summed E-state index contributed by atoms with van der Waals surface area (Å²) in [6.07, 6.45) is 1.86. The number of hydrogen-bond acceptors (Lipinski definition) is 4. The number of carbonyl (C=O) groups excluding carboxylic acids is 1. The molecule has 0 radical (unpaired) electrons. The van der Waals surface area contributed by atoms with Crippen LogP contribution in [0.2, 0.25) is 0 Å². The Bertz CT molecular complexity index is 504. The highest BCUT2D eigenvalue weighted by Gasteiger charge is 2.22. The van der Waals surface area contributed by atoms with Crippen LogP contribution in [0.5, 0.6) is 11.5 Å². The molecule has 0 saturated carbocycles. The predicted molar refractivity (Wildman–Crippen MR) is 75.3 cm³/mol. The van der Waals surface area contributed by atoms with E-state index in [9.17, 15) is 13.6 Å². The van der Waals surface area contributed by atoms with E-state index in [-0.39, 0.29) is 23.5 Å². The van der Waals surface area contributed by atoms with E-state index in [0.717, 1.165) is 18.4 Å². The molecule has 1 N–H and O–H groups in total. The molecule has 1 aliphatic rings. The molecule has 1 aromatic rings. The molecule has 1 aromatic carbocycles. The summed E-state index contributed by atoms with van der Waals surface area (Å²) in [5.74, 6) is 0.120. The van der Waals surface area contributed by atoms with Gasteiger partial charge in [-0.2, -0.15) is 8.78 Å². The van der Waals surface area contributed by atoms with Crippen LogP contribution in [0.3, 0.4) is 0 Å². The van der Waals surface area contributed by atoms with Crippen molar-refractivity contribution in [2.24, 2.45) is 0 Å². The van der Waals surface area contributed by atoms with E-state index in [2.05, 4.69) is 10.1 Å².